The van der Waals surface area contributed by atoms with E-state index in [1.165, 1.54) is 24.3 Å². The predicted molar refractivity (Wildman–Crippen MR) is 229 cm³/mol. The first-order valence-corrected chi connectivity index (χ1v) is 22.0. The quantitative estimate of drug-likeness (QED) is 0.0405. The number of aromatic nitrogens is 2. The monoisotopic (exact) mass is 1020 g/mol. The molecule has 0 saturated heterocycles. The first-order chi connectivity index (χ1) is 29.2. The van der Waals surface area contributed by atoms with Crippen LogP contribution in [-0.4, -0.2) is 195 Å². The van der Waals surface area contributed by atoms with Crippen molar-refractivity contribution in [2.24, 2.45) is 25.6 Å². The Balaban J connectivity index is 0.000000434. The molecule has 0 aliphatic carbocycles. The molecule has 1 atom stereocenters. The molecule has 4 aromatic carbocycles. The molecule has 0 radical (unpaired) electrons. The number of carboxylic acids is 1. The SMILES string of the molecule is O=C(O)C1=NN(c2ccc(S(=O)(=O)O)cc2)C(=O)C1N=Nc1ccc(S(=O)(=O)O)cc1.O=C(O)Oc1nn(-c2ccc(S(=O)(=O)O)cc2)c(O)c1N=Nc1ccc(S(=O)(=O)O)cc1.[NaH].[NaH].[NaH]. The standard InChI is InChI=1S/C16H12N4O10S2.C16H12N4O9S2.3Na.3H/c21-15-13(18-17-9-1-5-11(6-2-9)31(24,25)26)14(30-16(22)23)19-20(15)10-3-7-12(8-4-10)32(27,28)29;21-15-13(18-17-9-1-5-11(6-2-9)30(24,25)26)14(16(22)23)19-20(15)10-3-7-12(8-4-10)31(27,28)29;;;;;;/h1-8,21H,(H,22,23)(H,24,25,26)(H,27,28,29);1-8,13H,(H,22,23)(H,24,25,26)(H,27,28,29);;;;;;. The van der Waals surface area contributed by atoms with Crippen LogP contribution in [0.4, 0.5) is 27.5 Å². The van der Waals surface area contributed by atoms with Crippen LogP contribution in [0.2, 0.25) is 0 Å². The molecular formula is C32H27N8Na3O19S4. The van der Waals surface area contributed by atoms with Gasteiger partial charge in [0, 0.05) is 0 Å². The van der Waals surface area contributed by atoms with Crippen molar-refractivity contribution in [1.29, 1.82) is 0 Å². The van der Waals surface area contributed by atoms with Gasteiger partial charge in [-0.2, -0.15) is 63.8 Å². The molecule has 0 spiro atoms. The van der Waals surface area contributed by atoms with Gasteiger partial charge in [-0.15, -0.1) is 10.2 Å². The fraction of sp³-hybridized carbons (Fsp3) is 0.0312. The molecule has 336 valence electrons. The van der Waals surface area contributed by atoms with Crippen LogP contribution in [0.3, 0.4) is 0 Å². The van der Waals surface area contributed by atoms with Gasteiger partial charge < -0.3 is 20.1 Å². The first-order valence-electron chi connectivity index (χ1n) is 16.3. The number of carboxylic acid groups (broad SMARTS) is 2. The molecule has 34 heteroatoms. The zero-order valence-electron chi connectivity index (χ0n) is 30.6. The Labute approximate surface area is 437 Å². The molecule has 27 nitrogen and oxygen atoms in total. The summed E-state index contributed by atoms with van der Waals surface area (Å²) in [5.41, 5.74) is -0.938. The average Bonchev–Trinajstić information content (AvgIpc) is 3.69. The van der Waals surface area contributed by atoms with Gasteiger partial charge in [-0.1, -0.05) is 0 Å². The molecule has 2 heterocycles. The number of ether oxygens (including phenoxy) is 1. The Morgan fingerprint density at radius 3 is 1.33 bits per heavy atom. The van der Waals surface area contributed by atoms with Crippen LogP contribution in [0, 0.1) is 0 Å². The summed E-state index contributed by atoms with van der Waals surface area (Å²) in [6.45, 7) is 0. The number of anilines is 1. The van der Waals surface area contributed by atoms with Gasteiger partial charge in [-0.25, -0.2) is 9.59 Å². The summed E-state index contributed by atoms with van der Waals surface area (Å²) >= 11 is 0. The number of azo groups is 2. The predicted octanol–water partition coefficient (Wildman–Crippen LogP) is 1.72. The molecule has 1 aromatic heterocycles. The minimum atomic E-state index is -4.46. The van der Waals surface area contributed by atoms with Crippen molar-refractivity contribution in [3.05, 3.63) is 97.1 Å². The van der Waals surface area contributed by atoms with Gasteiger partial charge in [0.05, 0.1) is 42.3 Å². The second-order valence-corrected chi connectivity index (χ2v) is 17.6. The Hall–Kier alpha value is -4.39. The third-order valence-electron chi connectivity index (χ3n) is 7.70. The molecular weight excluding hydrogens is 998 g/mol. The van der Waals surface area contributed by atoms with E-state index in [1.54, 1.807) is 0 Å². The topological polar surface area (TPSA) is 421 Å². The number of hydrogen-bond acceptors (Lipinski definition) is 19. The molecule has 1 amide bonds. The maximum absolute atomic E-state index is 12.6. The van der Waals surface area contributed by atoms with Gasteiger partial charge in [0.2, 0.25) is 17.6 Å². The second kappa shape index (κ2) is 23.1. The molecule has 0 saturated carbocycles. The molecule has 0 fully saturated rings. The molecule has 1 unspecified atom stereocenters. The Morgan fingerprint density at radius 1 is 0.576 bits per heavy atom. The van der Waals surface area contributed by atoms with Gasteiger partial charge in [0.25, 0.3) is 52.3 Å². The Bertz CT molecular complexity index is 3170. The summed E-state index contributed by atoms with van der Waals surface area (Å²) in [5.74, 6) is -3.82. The molecule has 5 aromatic rings. The Kier molecular flexibility index (Phi) is 20.2. The fourth-order valence-corrected chi connectivity index (χ4v) is 6.73. The van der Waals surface area contributed by atoms with E-state index in [4.69, 9.17) is 23.3 Å². The molecule has 7 N–H and O–H groups in total. The van der Waals surface area contributed by atoms with Crippen molar-refractivity contribution in [2.75, 3.05) is 5.01 Å². The number of hydrogen-bond donors (Lipinski definition) is 7. The van der Waals surface area contributed by atoms with Crippen molar-refractivity contribution in [1.82, 2.24) is 9.78 Å². The number of benzene rings is 4. The number of aromatic hydroxyl groups is 1. The normalized spacial score (nSPS) is 14.0. The number of carbonyl (C=O) groups excluding carboxylic acids is 1. The first kappa shape index (κ1) is 57.7. The van der Waals surface area contributed by atoms with Crippen LogP contribution < -0.4 is 9.75 Å². The number of nitrogens with zero attached hydrogens (tertiary/aromatic N) is 8. The van der Waals surface area contributed by atoms with Gasteiger partial charge in [0.1, 0.15) is 0 Å². The number of aliphatic carboxylic acids is 1. The van der Waals surface area contributed by atoms with Gasteiger partial charge in [0.15, 0.2) is 5.71 Å². The van der Waals surface area contributed by atoms with Crippen molar-refractivity contribution >= 4 is 176 Å². The third kappa shape index (κ3) is 14.8. The summed E-state index contributed by atoms with van der Waals surface area (Å²) in [6.07, 6.45) is -1.77. The summed E-state index contributed by atoms with van der Waals surface area (Å²) in [5, 5.41) is 51.6. The fourth-order valence-electron chi connectivity index (χ4n) is 4.81. The average molecular weight is 1020 g/mol. The van der Waals surface area contributed by atoms with Crippen LogP contribution in [0.25, 0.3) is 5.69 Å². The van der Waals surface area contributed by atoms with Crippen LogP contribution in [0.1, 0.15) is 0 Å². The number of carbonyl (C=O) groups is 3. The van der Waals surface area contributed by atoms with Crippen LogP contribution in [0.15, 0.2) is 142 Å². The van der Waals surface area contributed by atoms with Crippen LogP contribution >= 0.6 is 0 Å². The van der Waals surface area contributed by atoms with E-state index < -0.39 is 107 Å². The van der Waals surface area contributed by atoms with Crippen LogP contribution in [0.5, 0.6) is 11.8 Å². The molecule has 66 heavy (non-hydrogen) atoms. The van der Waals surface area contributed by atoms with E-state index in [2.05, 4.69) is 35.4 Å². The van der Waals surface area contributed by atoms with Gasteiger partial charge in [-0.05, 0) is 97.1 Å². The summed E-state index contributed by atoms with van der Waals surface area (Å²) in [6, 6.07) is 15.9. The zero-order valence-corrected chi connectivity index (χ0v) is 33.8. The summed E-state index contributed by atoms with van der Waals surface area (Å²) in [7, 11) is -17.8. The molecule has 6 rings (SSSR count). The van der Waals surface area contributed by atoms with E-state index in [0.717, 1.165) is 77.5 Å². The second-order valence-electron chi connectivity index (χ2n) is 11.9. The van der Waals surface area contributed by atoms with Crippen molar-refractivity contribution in [2.45, 2.75) is 25.6 Å². The molecule has 1 aliphatic heterocycles. The molecule has 0 bridgehead atoms. The number of hydrazone groups is 1. The van der Waals surface area contributed by atoms with Crippen molar-refractivity contribution in [3.63, 3.8) is 0 Å². The van der Waals surface area contributed by atoms with E-state index in [-0.39, 0.29) is 111 Å². The number of rotatable bonds is 12. The molecule has 1 aliphatic rings. The summed E-state index contributed by atoms with van der Waals surface area (Å²) in [4.78, 5) is 33.4. The van der Waals surface area contributed by atoms with E-state index in [0.29, 0.717) is 5.01 Å². The number of amides is 1. The van der Waals surface area contributed by atoms with Gasteiger partial charge >= 0.3 is 101 Å². The van der Waals surface area contributed by atoms with Crippen molar-refractivity contribution in [3.8, 4) is 17.4 Å². The van der Waals surface area contributed by atoms with E-state index in [9.17, 15) is 58.3 Å². The van der Waals surface area contributed by atoms with Gasteiger partial charge in [-0.3, -0.25) is 23.0 Å². The Morgan fingerprint density at radius 2 is 0.955 bits per heavy atom. The van der Waals surface area contributed by atoms with E-state index in [1.807, 2.05) is 0 Å². The minimum absolute atomic E-state index is 0. The van der Waals surface area contributed by atoms with E-state index >= 15 is 0 Å². The third-order valence-corrected chi connectivity index (χ3v) is 11.2. The maximum atomic E-state index is 12.6. The van der Waals surface area contributed by atoms with Crippen LogP contribution in [-0.2, 0) is 50.1 Å². The van der Waals surface area contributed by atoms with Crippen molar-refractivity contribution < 1.29 is 86.3 Å². The zero-order chi connectivity index (χ0) is 46.7. The summed E-state index contributed by atoms with van der Waals surface area (Å²) < 4.78 is 130.